The zero-order valence-electron chi connectivity index (χ0n) is 22.1. The number of ether oxygens (including phenoxy) is 1. The molecule has 4 atom stereocenters. The fourth-order valence-electron chi connectivity index (χ4n) is 7.42. The summed E-state index contributed by atoms with van der Waals surface area (Å²) in [5.74, 6) is -0.625. The van der Waals surface area contributed by atoms with Crippen LogP contribution in [0.15, 0.2) is 48.5 Å². The van der Waals surface area contributed by atoms with E-state index in [9.17, 15) is 14.7 Å². The van der Waals surface area contributed by atoms with Gasteiger partial charge in [-0.15, -0.1) is 0 Å². The minimum atomic E-state index is -1.07. The molecule has 3 aliphatic heterocycles. The number of amides is 1. The van der Waals surface area contributed by atoms with Gasteiger partial charge in [0.2, 0.25) is 11.8 Å². The average molecular weight is 625 g/mol. The lowest BCUT2D eigenvalue weighted by molar-refractivity contribution is -0.128. The van der Waals surface area contributed by atoms with Gasteiger partial charge < -0.3 is 15.2 Å². The van der Waals surface area contributed by atoms with Crippen LogP contribution in [0.2, 0.25) is 15.3 Å². The Morgan fingerprint density at radius 3 is 2.62 bits per heavy atom. The minimum absolute atomic E-state index is 0.125. The van der Waals surface area contributed by atoms with Crippen molar-refractivity contribution in [3.8, 4) is 5.88 Å². The van der Waals surface area contributed by atoms with Crippen molar-refractivity contribution in [3.05, 3.63) is 80.6 Å². The van der Waals surface area contributed by atoms with Crippen molar-refractivity contribution in [2.75, 3.05) is 18.5 Å². The molecule has 2 aromatic carbocycles. The van der Waals surface area contributed by atoms with Gasteiger partial charge in [-0.1, -0.05) is 40.9 Å². The first kappa shape index (κ1) is 26.3. The summed E-state index contributed by atoms with van der Waals surface area (Å²) in [5, 5.41) is 19.2. The summed E-state index contributed by atoms with van der Waals surface area (Å²) in [4.78, 5) is 32.6. The Morgan fingerprint density at radius 1 is 1.10 bits per heavy atom. The zero-order valence-corrected chi connectivity index (χ0v) is 24.3. The van der Waals surface area contributed by atoms with E-state index in [4.69, 9.17) is 44.6 Å². The highest BCUT2D eigenvalue weighted by Crippen LogP contribution is 2.61. The molecule has 9 nitrogen and oxygen atoms in total. The molecule has 4 aromatic rings. The highest BCUT2D eigenvalue weighted by Gasteiger charge is 2.67. The van der Waals surface area contributed by atoms with E-state index in [1.165, 1.54) is 0 Å². The van der Waals surface area contributed by atoms with Crippen molar-refractivity contribution in [2.24, 2.45) is 11.8 Å². The number of hydrogen-bond donors (Lipinski definition) is 2. The summed E-state index contributed by atoms with van der Waals surface area (Å²) in [6.07, 6.45) is 2.21. The van der Waals surface area contributed by atoms with Crippen molar-refractivity contribution in [1.82, 2.24) is 19.7 Å². The predicted octanol–water partition coefficient (Wildman–Crippen LogP) is 5.82. The molecule has 5 heterocycles. The number of carboxylic acids is 1. The van der Waals surface area contributed by atoms with E-state index in [0.29, 0.717) is 41.2 Å². The second-order valence-electron chi connectivity index (χ2n) is 11.6. The van der Waals surface area contributed by atoms with Gasteiger partial charge in [0.25, 0.3) is 0 Å². The summed E-state index contributed by atoms with van der Waals surface area (Å²) in [6, 6.07) is 13.9. The van der Waals surface area contributed by atoms with Crippen molar-refractivity contribution < 1.29 is 19.4 Å². The Balaban J connectivity index is 1.35. The van der Waals surface area contributed by atoms with E-state index in [-0.39, 0.29) is 33.7 Å². The topological polar surface area (TPSA) is 110 Å². The summed E-state index contributed by atoms with van der Waals surface area (Å²) < 4.78 is 8.33. The van der Waals surface area contributed by atoms with Crippen molar-refractivity contribution in [3.63, 3.8) is 0 Å². The lowest BCUT2D eigenvalue weighted by Crippen LogP contribution is -2.53. The molecule has 2 fully saturated rings. The lowest BCUT2D eigenvalue weighted by Gasteiger charge is -2.40. The van der Waals surface area contributed by atoms with E-state index in [0.717, 1.165) is 35.9 Å². The molecular formula is C30H24Cl3N5O4. The second-order valence-corrected chi connectivity index (χ2v) is 12.8. The number of hydrogen-bond acceptors (Lipinski definition) is 6. The molecule has 12 heteroatoms. The third-order valence-corrected chi connectivity index (χ3v) is 9.84. The largest absolute Gasteiger partial charge is 0.478 e. The predicted molar refractivity (Wildman–Crippen MR) is 158 cm³/mol. The summed E-state index contributed by atoms with van der Waals surface area (Å²) in [5.41, 5.74) is 1.97. The zero-order chi connectivity index (χ0) is 28.9. The number of carbonyl (C=O) groups is 2. The number of pyridine rings is 1. The number of carboxylic acid groups (broad SMARTS) is 1. The number of aromatic carboxylic acids is 1. The number of rotatable bonds is 4. The van der Waals surface area contributed by atoms with Crippen LogP contribution in [0.4, 0.5) is 5.69 Å². The molecular weight excluding hydrogens is 601 g/mol. The number of aromatic nitrogens is 3. The Kier molecular flexibility index (Phi) is 5.83. The van der Waals surface area contributed by atoms with Crippen LogP contribution in [0.5, 0.6) is 5.88 Å². The molecule has 0 radical (unpaired) electrons. The molecule has 8 rings (SSSR count). The van der Waals surface area contributed by atoms with Crippen molar-refractivity contribution in [1.29, 1.82) is 0 Å². The molecule has 1 saturated heterocycles. The summed E-state index contributed by atoms with van der Waals surface area (Å²) in [7, 11) is 0. The van der Waals surface area contributed by atoms with E-state index < -0.39 is 17.4 Å². The van der Waals surface area contributed by atoms with Crippen LogP contribution in [-0.4, -0.2) is 55.8 Å². The van der Waals surface area contributed by atoms with Crippen LogP contribution >= 0.6 is 34.8 Å². The van der Waals surface area contributed by atoms with Gasteiger partial charge >= 0.3 is 5.97 Å². The maximum atomic E-state index is 14.5. The molecule has 1 aliphatic carbocycles. The fraction of sp³-hybridized carbons (Fsp3) is 0.333. The van der Waals surface area contributed by atoms with Crippen LogP contribution in [-0.2, 0) is 16.9 Å². The van der Waals surface area contributed by atoms with E-state index in [1.54, 1.807) is 36.4 Å². The fourth-order valence-corrected chi connectivity index (χ4v) is 8.07. The van der Waals surface area contributed by atoms with Gasteiger partial charge in [-0.3, -0.25) is 9.69 Å². The summed E-state index contributed by atoms with van der Waals surface area (Å²) in [6.45, 7) is 1.48. The molecule has 214 valence electrons. The SMILES string of the molecule is O=C(O)c1ccc2c3n(nc2c1)C[C@@H]1[C@H](CO3)N(CC2CC2)[C@@]2(C(=O)Nc3cc(Cl)ccc32)[C@H]1c1cc(Cl)nc(Cl)c1. The Labute approximate surface area is 255 Å². The molecule has 0 unspecified atom stereocenters. The number of carbonyl (C=O) groups excluding carboxylic acids is 1. The van der Waals surface area contributed by atoms with Gasteiger partial charge in [-0.25, -0.2) is 14.5 Å². The Hall–Kier alpha value is -3.37. The first-order chi connectivity index (χ1) is 20.2. The van der Waals surface area contributed by atoms with Crippen LogP contribution < -0.4 is 10.1 Å². The van der Waals surface area contributed by atoms with Crippen LogP contribution in [0, 0.1) is 11.8 Å². The quantitative estimate of drug-likeness (QED) is 0.275. The molecule has 4 aliphatic rings. The van der Waals surface area contributed by atoms with E-state index >= 15 is 0 Å². The monoisotopic (exact) mass is 623 g/mol. The second kappa shape index (κ2) is 9.31. The number of halogens is 3. The molecule has 1 saturated carbocycles. The van der Waals surface area contributed by atoms with Gasteiger partial charge in [0.1, 0.15) is 22.5 Å². The summed E-state index contributed by atoms with van der Waals surface area (Å²) >= 11 is 19.3. The standard InChI is InChI=1S/C30H24Cl3N5O4/c31-17-4-6-20-22(10-17)34-29(41)30(20)26(16-8-24(32)35-25(33)9-16)19-12-38-27(42-13-23(19)37(30)11-14-1-2-14)18-5-3-15(28(39)40)7-21(18)36-38/h3-10,14,19,23,26H,1-2,11-13H2,(H,34,41)(H,39,40)/t19-,23+,26+,30-/m1/s1. The highest BCUT2D eigenvalue weighted by atomic mass is 35.5. The van der Waals surface area contributed by atoms with Crippen LogP contribution in [0.1, 0.15) is 40.2 Å². The average Bonchev–Trinajstić information content (AvgIpc) is 3.60. The third-order valence-electron chi connectivity index (χ3n) is 9.22. The van der Waals surface area contributed by atoms with E-state index in [2.05, 4.69) is 15.2 Å². The number of anilines is 1. The minimum Gasteiger partial charge on any atom is -0.478 e. The number of benzene rings is 2. The van der Waals surface area contributed by atoms with Gasteiger partial charge in [0.05, 0.1) is 22.5 Å². The van der Waals surface area contributed by atoms with Crippen LogP contribution in [0.25, 0.3) is 10.9 Å². The van der Waals surface area contributed by atoms with Crippen LogP contribution in [0.3, 0.4) is 0 Å². The Bertz CT molecular complexity index is 1800. The normalized spacial score (nSPS) is 26.5. The highest BCUT2D eigenvalue weighted by molar-refractivity contribution is 6.32. The van der Waals surface area contributed by atoms with Crippen molar-refractivity contribution >= 4 is 63.3 Å². The number of nitrogens with zero attached hydrogens (tertiary/aromatic N) is 4. The molecule has 1 spiro atoms. The molecule has 1 amide bonds. The van der Waals surface area contributed by atoms with Gasteiger partial charge in [0.15, 0.2) is 0 Å². The number of nitrogens with one attached hydrogen (secondary N) is 1. The lowest BCUT2D eigenvalue weighted by atomic mass is 9.71. The Morgan fingerprint density at radius 2 is 1.88 bits per heavy atom. The molecule has 2 aromatic heterocycles. The maximum absolute atomic E-state index is 14.5. The van der Waals surface area contributed by atoms with E-state index in [1.807, 2.05) is 16.8 Å². The third kappa shape index (κ3) is 3.80. The smallest absolute Gasteiger partial charge is 0.335 e. The first-order valence-corrected chi connectivity index (χ1v) is 15.0. The maximum Gasteiger partial charge on any atom is 0.335 e. The number of fused-ring (bicyclic) bond motifs is 6. The van der Waals surface area contributed by atoms with Gasteiger partial charge in [0, 0.05) is 41.2 Å². The van der Waals surface area contributed by atoms with Crippen molar-refractivity contribution in [2.45, 2.75) is 36.9 Å². The van der Waals surface area contributed by atoms with Gasteiger partial charge in [-0.05, 0) is 66.8 Å². The molecule has 2 N–H and O–H groups in total. The first-order valence-electron chi connectivity index (χ1n) is 13.8. The van der Waals surface area contributed by atoms with Gasteiger partial charge in [-0.2, -0.15) is 5.10 Å². The number of likely N-dealkylation sites (tertiary alicyclic amines) is 1. The molecule has 0 bridgehead atoms. The molecule has 42 heavy (non-hydrogen) atoms.